The lowest BCUT2D eigenvalue weighted by Crippen LogP contribution is -2.45. The van der Waals surface area contributed by atoms with Crippen molar-refractivity contribution in [2.45, 2.75) is 39.2 Å². The van der Waals surface area contributed by atoms with Gasteiger partial charge in [0.25, 0.3) is 5.56 Å². The molecule has 2 aromatic carbocycles. The van der Waals surface area contributed by atoms with E-state index in [0.717, 1.165) is 41.9 Å². The van der Waals surface area contributed by atoms with Crippen molar-refractivity contribution in [1.82, 2.24) is 9.47 Å². The minimum Gasteiger partial charge on any atom is -0.492 e. The fourth-order valence-corrected chi connectivity index (χ4v) is 4.79. The molecule has 0 unspecified atom stereocenters. The van der Waals surface area contributed by atoms with Crippen molar-refractivity contribution in [3.63, 3.8) is 0 Å². The van der Waals surface area contributed by atoms with Crippen molar-refractivity contribution in [2.24, 2.45) is 5.41 Å². The third kappa shape index (κ3) is 5.45. The highest BCUT2D eigenvalue weighted by Crippen LogP contribution is 2.36. The van der Waals surface area contributed by atoms with Crippen LogP contribution in [0.2, 0.25) is 0 Å². The molecule has 0 spiro atoms. The minimum absolute atomic E-state index is 0.0364. The molecule has 174 valence electrons. The average Bonchev–Trinajstić information content (AvgIpc) is 2.82. The lowest BCUT2D eigenvalue weighted by atomic mass is 9.75. The molecule has 4 rings (SSSR count). The highest BCUT2D eigenvalue weighted by Gasteiger charge is 2.40. The number of hydrogen-bond donors (Lipinski definition) is 1. The van der Waals surface area contributed by atoms with Gasteiger partial charge in [0.05, 0.1) is 10.9 Å². The molecule has 0 saturated carbocycles. The Balaban J connectivity index is 1.33. The van der Waals surface area contributed by atoms with Gasteiger partial charge in [0, 0.05) is 19.2 Å². The first kappa shape index (κ1) is 23.1. The highest BCUT2D eigenvalue weighted by molar-refractivity contribution is 5.79. The van der Waals surface area contributed by atoms with Gasteiger partial charge in [-0.3, -0.25) is 14.5 Å². The van der Waals surface area contributed by atoms with E-state index in [2.05, 4.69) is 4.90 Å². The first-order valence-corrected chi connectivity index (χ1v) is 11.7. The van der Waals surface area contributed by atoms with Gasteiger partial charge in [-0.05, 0) is 80.9 Å². The molecule has 0 atom stereocenters. The number of piperidine rings is 1. The number of aryl methyl sites for hydroxylation is 2. The molecule has 0 radical (unpaired) electrons. The molecular weight excluding hydrogens is 416 g/mol. The van der Waals surface area contributed by atoms with E-state index in [-0.39, 0.29) is 5.56 Å². The standard InChI is InChI=1S/C27H32N2O4/c1-21-8-9-22-10-11-25(30)29(24(22)20-21)15-5-12-27(26(31)32)13-16-28(17-14-27)18-19-33-23-6-3-2-4-7-23/h2-4,6-11,20H,5,12-19H2,1H3,(H,31,32). The summed E-state index contributed by atoms with van der Waals surface area (Å²) in [5, 5.41) is 11.1. The Morgan fingerprint density at radius 2 is 1.76 bits per heavy atom. The number of nitrogens with zero attached hydrogens (tertiary/aromatic N) is 2. The molecule has 1 aromatic heterocycles. The van der Waals surface area contributed by atoms with Gasteiger partial charge in [0.15, 0.2) is 0 Å². The van der Waals surface area contributed by atoms with E-state index in [9.17, 15) is 14.7 Å². The van der Waals surface area contributed by atoms with Crippen LogP contribution in [0.4, 0.5) is 0 Å². The summed E-state index contributed by atoms with van der Waals surface area (Å²) in [7, 11) is 0. The van der Waals surface area contributed by atoms with E-state index in [1.54, 1.807) is 10.6 Å². The van der Waals surface area contributed by atoms with Crippen LogP contribution in [0, 0.1) is 12.3 Å². The predicted molar refractivity (Wildman–Crippen MR) is 130 cm³/mol. The van der Waals surface area contributed by atoms with Crippen LogP contribution in [0.15, 0.2) is 65.5 Å². The van der Waals surface area contributed by atoms with Crippen LogP contribution in [0.1, 0.15) is 31.2 Å². The van der Waals surface area contributed by atoms with Crippen LogP contribution in [-0.4, -0.2) is 46.8 Å². The normalized spacial score (nSPS) is 16.0. The van der Waals surface area contributed by atoms with Gasteiger partial charge in [-0.2, -0.15) is 0 Å². The van der Waals surface area contributed by atoms with E-state index < -0.39 is 11.4 Å². The van der Waals surface area contributed by atoms with Crippen LogP contribution in [0.25, 0.3) is 10.9 Å². The Morgan fingerprint density at radius 3 is 2.48 bits per heavy atom. The van der Waals surface area contributed by atoms with E-state index >= 15 is 0 Å². The fraction of sp³-hybridized carbons (Fsp3) is 0.407. The van der Waals surface area contributed by atoms with E-state index in [1.165, 1.54) is 0 Å². The molecule has 0 amide bonds. The Hall–Kier alpha value is -3.12. The largest absolute Gasteiger partial charge is 0.492 e. The topological polar surface area (TPSA) is 71.8 Å². The second kappa shape index (κ2) is 10.2. The molecule has 6 heteroatoms. The van der Waals surface area contributed by atoms with Gasteiger partial charge in [-0.15, -0.1) is 0 Å². The number of carboxylic acids is 1. The second-order valence-electron chi connectivity index (χ2n) is 9.08. The average molecular weight is 449 g/mol. The maximum absolute atomic E-state index is 12.5. The Labute approximate surface area is 194 Å². The zero-order valence-corrected chi connectivity index (χ0v) is 19.2. The van der Waals surface area contributed by atoms with Gasteiger partial charge < -0.3 is 14.4 Å². The molecule has 1 aliphatic heterocycles. The van der Waals surface area contributed by atoms with Crippen LogP contribution >= 0.6 is 0 Å². The molecule has 0 aliphatic carbocycles. The Bertz CT molecular complexity index is 1150. The first-order valence-electron chi connectivity index (χ1n) is 11.7. The Morgan fingerprint density at radius 1 is 1.03 bits per heavy atom. The fourth-order valence-electron chi connectivity index (χ4n) is 4.79. The number of rotatable bonds is 9. The lowest BCUT2D eigenvalue weighted by Gasteiger charge is -2.39. The molecule has 1 saturated heterocycles. The van der Waals surface area contributed by atoms with Crippen molar-refractivity contribution in [2.75, 3.05) is 26.2 Å². The van der Waals surface area contributed by atoms with Gasteiger partial charge in [0.1, 0.15) is 12.4 Å². The molecular formula is C27H32N2O4. The number of carbonyl (C=O) groups is 1. The van der Waals surface area contributed by atoms with Crippen molar-refractivity contribution in [1.29, 1.82) is 0 Å². The molecule has 1 aliphatic rings. The summed E-state index contributed by atoms with van der Waals surface area (Å²) >= 11 is 0. The molecule has 33 heavy (non-hydrogen) atoms. The van der Waals surface area contributed by atoms with Crippen LogP contribution in [0.5, 0.6) is 5.75 Å². The van der Waals surface area contributed by atoms with Crippen LogP contribution in [-0.2, 0) is 11.3 Å². The number of fused-ring (bicyclic) bond motifs is 1. The number of carboxylic acid groups (broad SMARTS) is 1. The van der Waals surface area contributed by atoms with E-state index in [4.69, 9.17) is 4.74 Å². The number of aromatic nitrogens is 1. The molecule has 0 bridgehead atoms. The molecule has 2 heterocycles. The monoisotopic (exact) mass is 448 g/mol. The quantitative estimate of drug-likeness (QED) is 0.527. The summed E-state index contributed by atoms with van der Waals surface area (Å²) in [5.41, 5.74) is 1.26. The molecule has 3 aromatic rings. The van der Waals surface area contributed by atoms with Gasteiger partial charge >= 0.3 is 5.97 Å². The third-order valence-corrected chi connectivity index (χ3v) is 6.87. The number of likely N-dealkylation sites (tertiary alicyclic amines) is 1. The molecule has 1 fully saturated rings. The van der Waals surface area contributed by atoms with Crippen LogP contribution in [0.3, 0.4) is 0 Å². The number of ether oxygens (including phenoxy) is 1. The maximum Gasteiger partial charge on any atom is 0.309 e. The highest BCUT2D eigenvalue weighted by atomic mass is 16.5. The van der Waals surface area contributed by atoms with E-state index in [0.29, 0.717) is 38.8 Å². The van der Waals surface area contributed by atoms with Gasteiger partial charge in [-0.1, -0.05) is 30.3 Å². The summed E-state index contributed by atoms with van der Waals surface area (Å²) in [6.07, 6.45) is 2.48. The second-order valence-corrected chi connectivity index (χ2v) is 9.08. The smallest absolute Gasteiger partial charge is 0.309 e. The van der Waals surface area contributed by atoms with Crippen LogP contribution < -0.4 is 10.3 Å². The number of pyridine rings is 1. The number of hydrogen-bond acceptors (Lipinski definition) is 4. The number of benzene rings is 2. The van der Waals surface area contributed by atoms with Crippen molar-refractivity contribution in [3.05, 3.63) is 76.6 Å². The first-order chi connectivity index (χ1) is 16.0. The van der Waals surface area contributed by atoms with Crippen molar-refractivity contribution >= 4 is 16.9 Å². The maximum atomic E-state index is 12.5. The predicted octanol–water partition coefficient (Wildman–Crippen LogP) is 4.34. The zero-order chi connectivity index (χ0) is 23.3. The third-order valence-electron chi connectivity index (χ3n) is 6.87. The number of aliphatic carboxylic acids is 1. The van der Waals surface area contributed by atoms with Crippen molar-refractivity contribution in [3.8, 4) is 5.75 Å². The minimum atomic E-state index is -0.721. The summed E-state index contributed by atoms with van der Waals surface area (Å²) < 4.78 is 7.57. The summed E-state index contributed by atoms with van der Waals surface area (Å²) in [5.74, 6) is 0.136. The molecule has 6 nitrogen and oxygen atoms in total. The summed E-state index contributed by atoms with van der Waals surface area (Å²) in [6, 6.07) is 19.3. The SMILES string of the molecule is Cc1ccc2ccc(=O)n(CCCC3(C(=O)O)CCN(CCOc4ccccc4)CC3)c2c1. The molecule has 1 N–H and O–H groups in total. The summed E-state index contributed by atoms with van der Waals surface area (Å²) in [4.78, 5) is 27.0. The van der Waals surface area contributed by atoms with Gasteiger partial charge in [0.2, 0.25) is 0 Å². The Kier molecular flexibility index (Phi) is 7.14. The summed E-state index contributed by atoms with van der Waals surface area (Å²) in [6.45, 7) is 5.42. The lowest BCUT2D eigenvalue weighted by molar-refractivity contribution is -0.152. The van der Waals surface area contributed by atoms with Gasteiger partial charge in [-0.25, -0.2) is 0 Å². The zero-order valence-electron chi connectivity index (χ0n) is 19.2. The number of para-hydroxylation sites is 1. The van der Waals surface area contributed by atoms with E-state index in [1.807, 2.05) is 61.5 Å². The van der Waals surface area contributed by atoms with Crippen molar-refractivity contribution < 1.29 is 14.6 Å².